The van der Waals surface area contributed by atoms with Crippen LogP contribution >= 0.6 is 0 Å². The van der Waals surface area contributed by atoms with Gasteiger partial charge in [0.25, 0.3) is 15.9 Å². The molecule has 5 rings (SSSR count). The summed E-state index contributed by atoms with van der Waals surface area (Å²) < 4.78 is 29.1. The molecule has 5 N–H and O–H groups in total. The molecule has 1 aromatic rings. The van der Waals surface area contributed by atoms with Crippen LogP contribution in [-0.4, -0.2) is 101 Å². The molecule has 2 heterocycles. The molecule has 3 aliphatic carbocycles. The number of H-pyrrole nitrogens is 1. The molecule has 17 heteroatoms. The van der Waals surface area contributed by atoms with Crippen molar-refractivity contribution in [1.29, 1.82) is 0 Å². The third-order valence-corrected chi connectivity index (χ3v) is 12.7. The van der Waals surface area contributed by atoms with Crippen molar-refractivity contribution in [2.24, 2.45) is 34.0 Å². The van der Waals surface area contributed by atoms with E-state index in [1.54, 1.807) is 20.8 Å². The Kier molecular flexibility index (Phi) is 10.8. The van der Waals surface area contributed by atoms with E-state index < -0.39 is 79.6 Å². The van der Waals surface area contributed by atoms with Gasteiger partial charge in [0.05, 0.1) is 6.04 Å². The molecule has 6 atom stereocenters. The molecule has 1 saturated heterocycles. The van der Waals surface area contributed by atoms with Crippen molar-refractivity contribution in [2.75, 3.05) is 13.1 Å². The first kappa shape index (κ1) is 38.5. The summed E-state index contributed by atoms with van der Waals surface area (Å²) in [7, 11) is -4.36. The first-order valence-electron chi connectivity index (χ1n) is 17.9. The van der Waals surface area contributed by atoms with E-state index in [4.69, 9.17) is 0 Å². The van der Waals surface area contributed by atoms with Crippen LogP contribution in [0.3, 0.4) is 0 Å². The van der Waals surface area contributed by atoms with E-state index in [1.165, 1.54) is 11.0 Å². The summed E-state index contributed by atoms with van der Waals surface area (Å²) in [6, 6.07) is -4.38. The van der Waals surface area contributed by atoms with Gasteiger partial charge in [-0.05, 0) is 58.5 Å². The van der Waals surface area contributed by atoms with Crippen LogP contribution in [0.2, 0.25) is 0 Å². The largest absolute Gasteiger partial charge is 0.346 e. The number of aromatic nitrogens is 4. The Morgan fingerprint density at radius 2 is 1.73 bits per heavy atom. The summed E-state index contributed by atoms with van der Waals surface area (Å²) >= 11 is 0. The molecule has 4 aliphatic rings. The maximum absolute atomic E-state index is 14.6. The molecule has 4 fully saturated rings. The minimum absolute atomic E-state index is 0.0117. The third kappa shape index (κ3) is 8.18. The number of Topliss-reactive ketones (excluding diaryl/α,β-unsaturated/α-hetero) is 1. The van der Waals surface area contributed by atoms with Crippen LogP contribution in [-0.2, 0) is 34.0 Å². The van der Waals surface area contributed by atoms with E-state index in [0.29, 0.717) is 19.3 Å². The van der Waals surface area contributed by atoms with Gasteiger partial charge in [-0.1, -0.05) is 84.8 Å². The van der Waals surface area contributed by atoms with Crippen LogP contribution in [0.4, 0.5) is 0 Å². The number of aromatic amines is 1. The van der Waals surface area contributed by atoms with E-state index in [9.17, 15) is 32.4 Å². The van der Waals surface area contributed by atoms with Gasteiger partial charge in [0.1, 0.15) is 18.1 Å². The van der Waals surface area contributed by atoms with Gasteiger partial charge in [-0.3, -0.25) is 24.0 Å². The first-order chi connectivity index (χ1) is 23.8. The van der Waals surface area contributed by atoms with Crippen LogP contribution in [0.5, 0.6) is 0 Å². The molecular weight excluding hydrogens is 678 g/mol. The zero-order valence-electron chi connectivity index (χ0n) is 30.5. The molecule has 282 valence electrons. The number of amides is 4. The van der Waals surface area contributed by atoms with E-state index in [1.807, 2.05) is 20.8 Å². The number of hydrogen-bond donors (Lipinski definition) is 5. The van der Waals surface area contributed by atoms with Crippen LogP contribution in [0.25, 0.3) is 0 Å². The van der Waals surface area contributed by atoms with Crippen LogP contribution in [0.15, 0.2) is 17.8 Å². The van der Waals surface area contributed by atoms with Gasteiger partial charge in [0.15, 0.2) is 0 Å². The average molecular weight is 732 g/mol. The Morgan fingerprint density at radius 3 is 2.29 bits per heavy atom. The summed E-state index contributed by atoms with van der Waals surface area (Å²) in [4.78, 5) is 70.4. The summed E-state index contributed by atoms with van der Waals surface area (Å²) in [6.45, 7) is 15.2. The number of nitrogens with zero attached hydrogens (tertiary/aromatic N) is 4. The number of carbonyl (C=O) groups excluding carboxylic acids is 5. The second-order valence-electron chi connectivity index (χ2n) is 16.8. The molecule has 1 aromatic heterocycles. The highest BCUT2D eigenvalue weighted by molar-refractivity contribution is 7.89. The summed E-state index contributed by atoms with van der Waals surface area (Å²) in [5.41, 5.74) is -1.87. The second kappa shape index (κ2) is 14.4. The maximum atomic E-state index is 14.6. The van der Waals surface area contributed by atoms with E-state index in [-0.39, 0.29) is 36.3 Å². The van der Waals surface area contributed by atoms with Crippen molar-refractivity contribution < 1.29 is 32.4 Å². The van der Waals surface area contributed by atoms with Gasteiger partial charge in [-0.25, -0.2) is 8.42 Å². The van der Waals surface area contributed by atoms with Crippen molar-refractivity contribution in [3.05, 3.63) is 12.7 Å². The van der Waals surface area contributed by atoms with Gasteiger partial charge >= 0.3 is 5.16 Å². The zero-order valence-corrected chi connectivity index (χ0v) is 31.3. The minimum atomic E-state index is -4.36. The first-order valence-corrected chi connectivity index (χ1v) is 19.4. The molecule has 0 aromatic carbocycles. The van der Waals surface area contributed by atoms with Gasteiger partial charge in [0.2, 0.25) is 23.5 Å². The highest BCUT2D eigenvalue weighted by atomic mass is 32.2. The van der Waals surface area contributed by atoms with Gasteiger partial charge in [0, 0.05) is 13.1 Å². The lowest BCUT2D eigenvalue weighted by molar-refractivity contribution is -0.147. The molecule has 0 bridgehead atoms. The Labute approximate surface area is 299 Å². The normalized spacial score (nSPS) is 25.5. The Morgan fingerprint density at radius 1 is 1.06 bits per heavy atom. The van der Waals surface area contributed by atoms with Crippen molar-refractivity contribution in [3.63, 3.8) is 0 Å². The number of nitrogens with one attached hydrogen (secondary N) is 5. The summed E-state index contributed by atoms with van der Waals surface area (Å²) in [5, 5.41) is 20.3. The van der Waals surface area contributed by atoms with Gasteiger partial charge < -0.3 is 20.9 Å². The molecule has 3 unspecified atom stereocenters. The van der Waals surface area contributed by atoms with Crippen LogP contribution < -0.4 is 20.7 Å². The minimum Gasteiger partial charge on any atom is -0.346 e. The second-order valence-corrected chi connectivity index (χ2v) is 18.4. The number of ketones is 1. The third-order valence-electron chi connectivity index (χ3n) is 11.5. The van der Waals surface area contributed by atoms with Gasteiger partial charge in [-0.15, -0.1) is 11.7 Å². The number of likely N-dealkylation sites (tertiary alicyclic amines) is 1. The highest BCUT2D eigenvalue weighted by Gasteiger charge is 2.70. The number of sulfonamides is 1. The summed E-state index contributed by atoms with van der Waals surface area (Å²) in [5.74, 6) is -3.20. The van der Waals surface area contributed by atoms with E-state index >= 15 is 0 Å². The predicted molar refractivity (Wildman–Crippen MR) is 185 cm³/mol. The molecule has 16 nitrogen and oxygen atoms in total. The van der Waals surface area contributed by atoms with E-state index in [0.717, 1.165) is 32.1 Å². The topological polar surface area (TPSA) is 225 Å². The number of rotatable bonds is 15. The molecule has 51 heavy (non-hydrogen) atoms. The monoisotopic (exact) mass is 731 g/mol. The maximum Gasteiger partial charge on any atom is 0.303 e. The van der Waals surface area contributed by atoms with Crippen molar-refractivity contribution in [3.8, 4) is 0 Å². The number of piperidine rings is 1. The van der Waals surface area contributed by atoms with Gasteiger partial charge in [-0.2, -0.15) is 9.94 Å². The zero-order chi connectivity index (χ0) is 37.5. The number of carbonyl (C=O) groups is 5. The van der Waals surface area contributed by atoms with Crippen molar-refractivity contribution >= 4 is 39.4 Å². The average Bonchev–Trinajstić information content (AvgIpc) is 3.74. The number of fused-ring (bicyclic) bond motifs is 1. The Hall–Kier alpha value is -3.73. The lowest BCUT2D eigenvalue weighted by Gasteiger charge is -2.42. The molecular formula is C34H53N9O7S. The fraction of sp³-hybridized carbons (Fsp3) is 0.765. The van der Waals surface area contributed by atoms with E-state index in [2.05, 4.69) is 47.9 Å². The molecule has 0 radical (unpaired) electrons. The molecule has 3 saturated carbocycles. The SMILES string of the molecule is C=CCNC(=O)C(=O)C(CC1CC1)NC(=O)[C@@H]1C2C(CN1C(=O)[C@@H](NC(=O)[C@@H](NS(=O)(=O)c1nn[nH]n1)C1(C)CCCCC1)C(C)(C)C)C2(C)C. The Balaban J connectivity index is 1.40. The summed E-state index contributed by atoms with van der Waals surface area (Å²) in [6.07, 6.45) is 7.29. The lowest BCUT2D eigenvalue weighted by Crippen LogP contribution is -2.64. The standard InChI is InChI=1S/C34H53N9O7S/c1-8-16-35-28(46)24(44)21(17-19-12-13-19)36-27(45)23-22-20(33(22,5)6)18-43(23)30(48)26(32(2,3)4)37-29(47)25(34(7)14-10-9-11-15-34)40-51(49,50)31-38-41-42-39-31/h8,19-23,25-26,40H,1,9-18H2,2-7H3,(H,35,46)(H,36,45)(H,37,47)(H,38,39,41,42)/t20?,21?,22?,23-,25+,26+/m0/s1. The lowest BCUT2D eigenvalue weighted by atomic mass is 9.70. The molecule has 4 amide bonds. The molecule has 1 aliphatic heterocycles. The van der Waals surface area contributed by atoms with Crippen molar-refractivity contribution in [2.45, 2.75) is 122 Å². The fourth-order valence-electron chi connectivity index (χ4n) is 8.07. The smallest absolute Gasteiger partial charge is 0.303 e. The quantitative estimate of drug-likeness (QED) is 0.127. The van der Waals surface area contributed by atoms with Crippen LogP contribution in [0.1, 0.15) is 92.9 Å². The highest BCUT2D eigenvalue weighted by Crippen LogP contribution is 2.65. The predicted octanol–water partition coefficient (Wildman–Crippen LogP) is 0.987. The molecule has 0 spiro atoms. The van der Waals surface area contributed by atoms with Crippen molar-refractivity contribution in [1.82, 2.24) is 46.2 Å². The number of hydrogen-bond acceptors (Lipinski definition) is 10. The Bertz CT molecular complexity index is 1630. The fourth-order valence-corrected chi connectivity index (χ4v) is 9.19. The number of tetrazole rings is 1. The van der Waals surface area contributed by atoms with Crippen LogP contribution in [0, 0.1) is 34.0 Å².